The van der Waals surface area contributed by atoms with E-state index in [0.29, 0.717) is 25.1 Å². The number of nitrogens with one attached hydrogen (secondary N) is 3. The monoisotopic (exact) mass is 292 g/mol. The van der Waals surface area contributed by atoms with Gasteiger partial charge < -0.3 is 10.2 Å². The van der Waals surface area contributed by atoms with Crippen LogP contribution in [-0.4, -0.2) is 66.9 Å². The number of carbonyl (C=O) groups excluding carboxylic acids is 1. The van der Waals surface area contributed by atoms with Crippen LogP contribution in [0.4, 0.5) is 0 Å². The third-order valence-electron chi connectivity index (χ3n) is 4.34. The number of piperidine rings is 1. The van der Waals surface area contributed by atoms with E-state index in [1.54, 1.807) is 0 Å². The van der Waals surface area contributed by atoms with Gasteiger partial charge in [0.05, 0.1) is 5.71 Å². The molecule has 116 valence electrons. The fourth-order valence-electron chi connectivity index (χ4n) is 3.00. The molecule has 1 unspecified atom stereocenters. The number of rotatable bonds is 3. The third-order valence-corrected chi connectivity index (χ3v) is 4.34. The molecule has 0 aromatic rings. The largest absolute Gasteiger partial charge is 0.346 e. The number of hydrogen-bond acceptors (Lipinski definition) is 6. The summed E-state index contributed by atoms with van der Waals surface area (Å²) in [5.74, 6) is 0.180. The summed E-state index contributed by atoms with van der Waals surface area (Å²) in [5, 5.41) is 9.41. The van der Waals surface area contributed by atoms with Crippen molar-refractivity contribution in [3.05, 3.63) is 0 Å². The van der Waals surface area contributed by atoms with Gasteiger partial charge in [0.1, 0.15) is 6.17 Å². The van der Waals surface area contributed by atoms with Gasteiger partial charge >= 0.3 is 0 Å². The first-order valence-electron chi connectivity index (χ1n) is 7.78. The van der Waals surface area contributed by atoms with Crippen LogP contribution in [0.25, 0.3) is 0 Å². The molecule has 1 amide bonds. The van der Waals surface area contributed by atoms with Gasteiger partial charge in [-0.25, -0.2) is 9.98 Å². The summed E-state index contributed by atoms with van der Waals surface area (Å²) in [6, 6.07) is 0.818. The summed E-state index contributed by atoms with van der Waals surface area (Å²) >= 11 is 0. The number of amides is 1. The van der Waals surface area contributed by atoms with E-state index in [9.17, 15) is 4.79 Å². The molecule has 3 aliphatic heterocycles. The second kappa shape index (κ2) is 6.21. The summed E-state index contributed by atoms with van der Waals surface area (Å²) in [4.78, 5) is 23.4. The van der Waals surface area contributed by atoms with Crippen LogP contribution in [0.2, 0.25) is 0 Å². The number of fused-ring (bicyclic) bond motifs is 1. The zero-order chi connectivity index (χ0) is 14.8. The number of carbonyl (C=O) groups is 1. The van der Waals surface area contributed by atoms with Crippen molar-refractivity contribution in [2.45, 2.75) is 44.9 Å². The van der Waals surface area contributed by atoms with E-state index in [1.807, 2.05) is 0 Å². The van der Waals surface area contributed by atoms with Crippen molar-refractivity contribution >= 4 is 17.5 Å². The van der Waals surface area contributed by atoms with Crippen molar-refractivity contribution in [1.82, 2.24) is 20.9 Å². The molecule has 21 heavy (non-hydrogen) atoms. The summed E-state index contributed by atoms with van der Waals surface area (Å²) in [7, 11) is 0. The third kappa shape index (κ3) is 3.30. The van der Waals surface area contributed by atoms with Gasteiger partial charge in [-0.15, -0.1) is 0 Å². The molecule has 3 rings (SSSR count). The van der Waals surface area contributed by atoms with Gasteiger partial charge in [-0.05, 0) is 26.7 Å². The van der Waals surface area contributed by atoms with Gasteiger partial charge in [-0.1, -0.05) is 0 Å². The molecule has 3 N–H and O–H groups in total. The fourth-order valence-corrected chi connectivity index (χ4v) is 3.00. The maximum Gasteiger partial charge on any atom is 0.289 e. The van der Waals surface area contributed by atoms with E-state index in [0.717, 1.165) is 31.6 Å². The molecule has 0 aromatic carbocycles. The smallest absolute Gasteiger partial charge is 0.289 e. The van der Waals surface area contributed by atoms with Crippen LogP contribution in [-0.2, 0) is 4.79 Å². The molecule has 1 atom stereocenters. The molecule has 7 nitrogen and oxygen atoms in total. The van der Waals surface area contributed by atoms with E-state index < -0.39 is 0 Å². The summed E-state index contributed by atoms with van der Waals surface area (Å²) in [6.07, 6.45) is 1.88. The number of amidine groups is 1. The SMILES string of the molecule is CC(C)N1CCC(NC(=O)C2=NC3NCNCC3=N2)CC1. The van der Waals surface area contributed by atoms with Gasteiger partial charge in [0, 0.05) is 38.4 Å². The number of hydrogen-bond donors (Lipinski definition) is 3. The van der Waals surface area contributed by atoms with Gasteiger partial charge in [-0.2, -0.15) is 0 Å². The van der Waals surface area contributed by atoms with Crippen LogP contribution in [0.3, 0.4) is 0 Å². The lowest BCUT2D eigenvalue weighted by Gasteiger charge is -2.34. The van der Waals surface area contributed by atoms with Crippen molar-refractivity contribution in [2.75, 3.05) is 26.3 Å². The molecule has 0 aliphatic carbocycles. The van der Waals surface area contributed by atoms with Gasteiger partial charge in [-0.3, -0.25) is 15.4 Å². The minimum atomic E-state index is -0.137. The quantitative estimate of drug-likeness (QED) is 0.643. The fraction of sp³-hybridized carbons (Fsp3) is 0.786. The number of likely N-dealkylation sites (tertiary alicyclic amines) is 1. The highest BCUT2D eigenvalue weighted by Crippen LogP contribution is 2.13. The predicted octanol–water partition coefficient (Wildman–Crippen LogP) is -0.695. The van der Waals surface area contributed by atoms with Gasteiger partial charge in [0.25, 0.3) is 5.91 Å². The second-order valence-corrected chi connectivity index (χ2v) is 6.14. The zero-order valence-electron chi connectivity index (χ0n) is 12.7. The Morgan fingerprint density at radius 1 is 1.38 bits per heavy atom. The average Bonchev–Trinajstić information content (AvgIpc) is 2.92. The highest BCUT2D eigenvalue weighted by Gasteiger charge is 2.29. The molecule has 0 aromatic heterocycles. The molecule has 0 spiro atoms. The number of aliphatic imine (C=N–C) groups is 2. The van der Waals surface area contributed by atoms with Crippen molar-refractivity contribution < 1.29 is 4.79 Å². The molecule has 7 heteroatoms. The minimum absolute atomic E-state index is 0.116. The first-order valence-corrected chi connectivity index (χ1v) is 7.78. The molecule has 3 aliphatic rings. The molecule has 0 saturated carbocycles. The Hall–Kier alpha value is -1.31. The van der Waals surface area contributed by atoms with Crippen molar-refractivity contribution in [3.63, 3.8) is 0 Å². The Balaban J connectivity index is 1.52. The van der Waals surface area contributed by atoms with E-state index in [-0.39, 0.29) is 18.1 Å². The minimum Gasteiger partial charge on any atom is -0.346 e. The Bertz CT molecular complexity index is 464. The zero-order valence-corrected chi connectivity index (χ0v) is 12.7. The topological polar surface area (TPSA) is 81.1 Å². The van der Waals surface area contributed by atoms with Crippen LogP contribution in [0.15, 0.2) is 9.98 Å². The normalized spacial score (nSPS) is 27.3. The van der Waals surface area contributed by atoms with E-state index in [1.165, 1.54) is 0 Å². The summed E-state index contributed by atoms with van der Waals surface area (Å²) in [5.41, 5.74) is 0.904. The Kier molecular flexibility index (Phi) is 4.32. The lowest BCUT2D eigenvalue weighted by molar-refractivity contribution is -0.115. The molecular weight excluding hydrogens is 268 g/mol. The second-order valence-electron chi connectivity index (χ2n) is 6.14. The summed E-state index contributed by atoms with van der Waals surface area (Å²) < 4.78 is 0. The molecule has 0 radical (unpaired) electrons. The maximum atomic E-state index is 12.3. The highest BCUT2D eigenvalue weighted by molar-refractivity contribution is 6.41. The van der Waals surface area contributed by atoms with E-state index in [2.05, 4.69) is 44.7 Å². The Morgan fingerprint density at radius 2 is 2.14 bits per heavy atom. The van der Waals surface area contributed by atoms with Gasteiger partial charge in [0.15, 0.2) is 0 Å². The van der Waals surface area contributed by atoms with Crippen LogP contribution in [0.1, 0.15) is 26.7 Å². The van der Waals surface area contributed by atoms with Crippen LogP contribution in [0.5, 0.6) is 0 Å². The molecule has 2 fully saturated rings. The van der Waals surface area contributed by atoms with Crippen LogP contribution < -0.4 is 16.0 Å². The van der Waals surface area contributed by atoms with Crippen LogP contribution in [0, 0.1) is 0 Å². The van der Waals surface area contributed by atoms with Crippen molar-refractivity contribution in [3.8, 4) is 0 Å². The van der Waals surface area contributed by atoms with E-state index >= 15 is 0 Å². The lowest BCUT2D eigenvalue weighted by atomic mass is 10.0. The molecule has 3 heterocycles. The first-order chi connectivity index (χ1) is 10.1. The predicted molar refractivity (Wildman–Crippen MR) is 82.5 cm³/mol. The molecule has 0 bridgehead atoms. The summed E-state index contributed by atoms with van der Waals surface area (Å²) in [6.45, 7) is 7.91. The van der Waals surface area contributed by atoms with Crippen LogP contribution >= 0.6 is 0 Å². The van der Waals surface area contributed by atoms with Crippen molar-refractivity contribution in [1.29, 1.82) is 0 Å². The first kappa shape index (κ1) is 14.6. The van der Waals surface area contributed by atoms with Crippen molar-refractivity contribution in [2.24, 2.45) is 9.98 Å². The van der Waals surface area contributed by atoms with Gasteiger partial charge in [0.2, 0.25) is 5.84 Å². The van der Waals surface area contributed by atoms with E-state index in [4.69, 9.17) is 0 Å². The Morgan fingerprint density at radius 3 is 2.81 bits per heavy atom. The standard InChI is InChI=1S/C14H24N6O/c1-9(2)20-5-3-10(4-6-20)17-14(21)13-18-11-7-15-8-16-12(11)19-13/h9-10,12,15-16H,3-8H2,1-2H3,(H,17,21). The molecule has 2 saturated heterocycles. The molecular formula is C14H24N6O. The lowest BCUT2D eigenvalue weighted by Crippen LogP contribution is -2.49. The maximum absolute atomic E-state index is 12.3. The average molecular weight is 292 g/mol. The number of nitrogens with zero attached hydrogens (tertiary/aromatic N) is 3. The Labute approximate surface area is 125 Å². The highest BCUT2D eigenvalue weighted by atomic mass is 16.2.